The summed E-state index contributed by atoms with van der Waals surface area (Å²) in [5.41, 5.74) is 4.33. The van der Waals surface area contributed by atoms with Gasteiger partial charge < -0.3 is 25.4 Å². The van der Waals surface area contributed by atoms with Crippen molar-refractivity contribution in [3.63, 3.8) is 0 Å². The van der Waals surface area contributed by atoms with Gasteiger partial charge in [-0.1, -0.05) is 64.2 Å². The van der Waals surface area contributed by atoms with Crippen LogP contribution in [0.2, 0.25) is 0 Å². The number of rotatable bonds is 18. The number of anilines is 1. The molecule has 0 amide bonds. The van der Waals surface area contributed by atoms with E-state index in [9.17, 15) is 28.3 Å². The van der Waals surface area contributed by atoms with E-state index >= 15 is 0 Å². The SMILES string of the molecule is Nc1ccn([C@@H]2O[C@H](COC(=O)CCCCCCCCCCCCCCC(=O)O)[C@@H](O)C2(F)F)c(=O)n1. The normalized spacial score (nSPS) is 20.7. The fraction of sp³-hybridized carbons (Fsp3) is 0.760. The Morgan fingerprint density at radius 3 is 2.03 bits per heavy atom. The van der Waals surface area contributed by atoms with Crippen LogP contribution in [0.25, 0.3) is 0 Å². The largest absolute Gasteiger partial charge is 0.481 e. The van der Waals surface area contributed by atoms with Crippen LogP contribution in [0.4, 0.5) is 14.6 Å². The van der Waals surface area contributed by atoms with Crippen LogP contribution in [0.15, 0.2) is 17.1 Å². The summed E-state index contributed by atoms with van der Waals surface area (Å²) in [6.07, 6.45) is 7.68. The van der Waals surface area contributed by atoms with Gasteiger partial charge in [-0.2, -0.15) is 13.8 Å². The van der Waals surface area contributed by atoms with E-state index in [1.165, 1.54) is 12.8 Å². The summed E-state index contributed by atoms with van der Waals surface area (Å²) in [6, 6.07) is 1.16. The molecular weight excluding hydrogens is 492 g/mol. The summed E-state index contributed by atoms with van der Waals surface area (Å²) in [4.78, 5) is 37.7. The van der Waals surface area contributed by atoms with E-state index in [1.54, 1.807) is 0 Å². The van der Waals surface area contributed by atoms with Crippen molar-refractivity contribution >= 4 is 17.8 Å². The second-order valence-electron chi connectivity index (χ2n) is 9.51. The van der Waals surface area contributed by atoms with Gasteiger partial charge in [-0.15, -0.1) is 0 Å². The molecule has 2 rings (SSSR count). The third-order valence-electron chi connectivity index (χ3n) is 6.41. The summed E-state index contributed by atoms with van der Waals surface area (Å²) >= 11 is 0. The minimum Gasteiger partial charge on any atom is -0.481 e. The van der Waals surface area contributed by atoms with Crippen LogP contribution >= 0.6 is 0 Å². The van der Waals surface area contributed by atoms with Crippen molar-refractivity contribution in [1.82, 2.24) is 9.55 Å². The van der Waals surface area contributed by atoms with Crippen LogP contribution in [0.1, 0.15) is 96.1 Å². The summed E-state index contributed by atoms with van der Waals surface area (Å²) in [7, 11) is 0. The van der Waals surface area contributed by atoms with E-state index in [0.717, 1.165) is 70.1 Å². The zero-order valence-electron chi connectivity index (χ0n) is 21.2. The molecule has 1 aromatic heterocycles. The highest BCUT2D eigenvalue weighted by molar-refractivity contribution is 5.69. The summed E-state index contributed by atoms with van der Waals surface area (Å²) < 4.78 is 39.7. The number of nitrogens with two attached hydrogens (primary N) is 1. The highest BCUT2D eigenvalue weighted by Crippen LogP contribution is 2.42. The topological polar surface area (TPSA) is 154 Å². The average Bonchev–Trinajstić information content (AvgIpc) is 3.06. The molecule has 2 heterocycles. The number of halogens is 2. The lowest BCUT2D eigenvalue weighted by atomic mass is 10.0. The van der Waals surface area contributed by atoms with Gasteiger partial charge in [0.25, 0.3) is 0 Å². The molecule has 1 aliphatic rings. The Balaban J connectivity index is 1.53. The highest BCUT2D eigenvalue weighted by Gasteiger charge is 2.60. The number of aliphatic carboxylic acids is 1. The Kier molecular flexibility index (Phi) is 12.9. The van der Waals surface area contributed by atoms with Gasteiger partial charge in [0.05, 0.1) is 0 Å². The summed E-state index contributed by atoms with van der Waals surface area (Å²) in [6.45, 7) is -0.553. The number of carbonyl (C=O) groups is 2. The number of aliphatic hydroxyl groups excluding tert-OH is 1. The number of esters is 1. The number of alkyl halides is 2. The number of hydrogen-bond donors (Lipinski definition) is 3. The molecule has 4 N–H and O–H groups in total. The monoisotopic (exact) mass is 531 g/mol. The molecule has 0 aromatic carbocycles. The first kappa shape index (κ1) is 30.6. The van der Waals surface area contributed by atoms with Gasteiger partial charge in [0, 0.05) is 19.0 Å². The lowest BCUT2D eigenvalue weighted by molar-refractivity contribution is -0.150. The number of carboxylic acid groups (broad SMARTS) is 1. The van der Waals surface area contributed by atoms with E-state index in [-0.39, 0.29) is 18.7 Å². The number of aromatic nitrogens is 2. The number of aliphatic hydroxyl groups is 1. The Bertz CT molecular complexity index is 913. The van der Waals surface area contributed by atoms with Crippen LogP contribution in [-0.2, 0) is 19.1 Å². The van der Waals surface area contributed by atoms with E-state index in [4.69, 9.17) is 20.3 Å². The van der Waals surface area contributed by atoms with Crippen molar-refractivity contribution in [2.75, 3.05) is 12.3 Å². The summed E-state index contributed by atoms with van der Waals surface area (Å²) in [5, 5.41) is 18.6. The van der Waals surface area contributed by atoms with E-state index in [1.807, 2.05) is 0 Å². The molecule has 0 bridgehead atoms. The molecule has 10 nitrogen and oxygen atoms in total. The first-order valence-corrected chi connectivity index (χ1v) is 13.1. The lowest BCUT2D eigenvalue weighted by Crippen LogP contribution is -2.42. The molecule has 0 spiro atoms. The number of unbranched alkanes of at least 4 members (excludes halogenated alkanes) is 11. The first-order chi connectivity index (χ1) is 17.6. The second kappa shape index (κ2) is 15.6. The maximum Gasteiger partial charge on any atom is 0.351 e. The molecule has 12 heteroatoms. The highest BCUT2D eigenvalue weighted by atomic mass is 19.3. The van der Waals surface area contributed by atoms with Crippen molar-refractivity contribution in [3.05, 3.63) is 22.7 Å². The fourth-order valence-electron chi connectivity index (χ4n) is 4.27. The molecule has 0 radical (unpaired) electrons. The van der Waals surface area contributed by atoms with Gasteiger partial charge in [0.15, 0.2) is 6.10 Å². The third-order valence-corrected chi connectivity index (χ3v) is 6.41. The van der Waals surface area contributed by atoms with Gasteiger partial charge in [0.2, 0.25) is 6.23 Å². The number of nitrogen functional groups attached to an aromatic ring is 1. The quantitative estimate of drug-likeness (QED) is 0.189. The minimum atomic E-state index is -3.79. The first-order valence-electron chi connectivity index (χ1n) is 13.1. The Morgan fingerprint density at radius 2 is 1.51 bits per heavy atom. The van der Waals surface area contributed by atoms with Crippen LogP contribution in [-0.4, -0.2) is 56.4 Å². The van der Waals surface area contributed by atoms with Crippen LogP contribution in [0, 0.1) is 0 Å². The van der Waals surface area contributed by atoms with Crippen molar-refractivity contribution < 1.29 is 38.1 Å². The molecule has 0 saturated carbocycles. The van der Waals surface area contributed by atoms with Crippen LogP contribution in [0.5, 0.6) is 0 Å². The molecule has 1 saturated heterocycles. The van der Waals surface area contributed by atoms with Crippen molar-refractivity contribution in [2.24, 2.45) is 0 Å². The third kappa shape index (κ3) is 10.4. The predicted molar refractivity (Wildman–Crippen MR) is 131 cm³/mol. The number of nitrogens with zero attached hydrogens (tertiary/aromatic N) is 2. The second-order valence-corrected chi connectivity index (χ2v) is 9.51. The molecule has 210 valence electrons. The van der Waals surface area contributed by atoms with Crippen molar-refractivity contribution in [3.8, 4) is 0 Å². The van der Waals surface area contributed by atoms with E-state index in [0.29, 0.717) is 11.0 Å². The molecule has 0 unspecified atom stereocenters. The standard InChI is InChI=1S/C25H39F2N3O7/c26-25(27)22(34)18(37-23(25)30-16-15-19(28)29-24(30)35)17-36-21(33)14-12-10-8-6-4-2-1-3-5-7-9-11-13-20(31)32/h15-16,18,22-23,34H,1-14,17H2,(H,31,32)(H2,28,29,35)/t18-,22-,23-/m1/s1. The molecule has 37 heavy (non-hydrogen) atoms. The maximum absolute atomic E-state index is 14.5. The Labute approximate surface area is 215 Å². The lowest BCUT2D eigenvalue weighted by Gasteiger charge is -2.20. The van der Waals surface area contributed by atoms with Gasteiger partial charge in [-0.3, -0.25) is 14.2 Å². The summed E-state index contributed by atoms with van der Waals surface area (Å²) in [5.74, 6) is -5.21. The molecule has 1 aliphatic heterocycles. The predicted octanol–water partition coefficient (Wildman–Crippen LogP) is 3.81. The van der Waals surface area contributed by atoms with Gasteiger partial charge in [0.1, 0.15) is 18.5 Å². The van der Waals surface area contributed by atoms with Gasteiger partial charge in [-0.25, -0.2) is 4.79 Å². The number of ether oxygens (including phenoxy) is 2. The molecule has 1 aromatic rings. The smallest absolute Gasteiger partial charge is 0.351 e. The molecule has 1 fully saturated rings. The van der Waals surface area contributed by atoms with Gasteiger partial charge >= 0.3 is 23.6 Å². The number of hydrogen-bond acceptors (Lipinski definition) is 8. The number of carbonyl (C=O) groups excluding carboxylic acids is 1. The Morgan fingerprint density at radius 1 is 1.00 bits per heavy atom. The zero-order valence-corrected chi connectivity index (χ0v) is 21.2. The fourth-order valence-corrected chi connectivity index (χ4v) is 4.27. The molecule has 0 aliphatic carbocycles. The average molecular weight is 532 g/mol. The van der Waals surface area contributed by atoms with Crippen LogP contribution < -0.4 is 11.4 Å². The van der Waals surface area contributed by atoms with Crippen molar-refractivity contribution in [1.29, 1.82) is 0 Å². The number of carboxylic acids is 1. The van der Waals surface area contributed by atoms with Crippen LogP contribution in [0.3, 0.4) is 0 Å². The van der Waals surface area contributed by atoms with E-state index < -0.39 is 48.6 Å². The Hall–Kier alpha value is -2.60. The van der Waals surface area contributed by atoms with Crippen molar-refractivity contribution in [2.45, 2.75) is 114 Å². The zero-order chi connectivity index (χ0) is 27.3. The van der Waals surface area contributed by atoms with E-state index in [2.05, 4.69) is 4.98 Å². The minimum absolute atomic E-state index is 0.133. The molecular formula is C25H39F2N3O7. The van der Waals surface area contributed by atoms with Gasteiger partial charge in [-0.05, 0) is 18.9 Å². The molecule has 3 atom stereocenters. The maximum atomic E-state index is 14.5.